The largest absolute Gasteiger partial charge is 0.457 e. The van der Waals surface area contributed by atoms with Crippen molar-refractivity contribution in [3.05, 3.63) is 78.5 Å². The Hall–Kier alpha value is -3.93. The van der Waals surface area contributed by atoms with Crippen molar-refractivity contribution in [2.75, 3.05) is 5.73 Å². The number of nitrogens with zero attached hydrogens (tertiary/aromatic N) is 2. The number of hydrogen-bond acceptors (Lipinski definition) is 5. The smallest absolute Gasteiger partial charge is 0.183 e. The fourth-order valence-corrected chi connectivity index (χ4v) is 4.16. The van der Waals surface area contributed by atoms with Crippen LogP contribution < -0.4 is 10.5 Å². The molecule has 1 saturated carbocycles. The molecular formula is C26H24N4O2. The number of benzene rings is 2. The Morgan fingerprint density at radius 1 is 1.16 bits per heavy atom. The van der Waals surface area contributed by atoms with Crippen LogP contribution in [0.4, 0.5) is 5.82 Å². The van der Waals surface area contributed by atoms with E-state index in [2.05, 4.69) is 16.3 Å². The summed E-state index contributed by atoms with van der Waals surface area (Å²) in [7, 11) is 0. The van der Waals surface area contributed by atoms with Crippen LogP contribution in [0, 0.1) is 5.92 Å². The molecule has 1 fully saturated rings. The molecule has 0 aliphatic heterocycles. The number of allylic oxidation sites excluding steroid dienone is 2. The van der Waals surface area contributed by atoms with Crippen LogP contribution in [-0.2, 0) is 4.79 Å². The number of aromatic nitrogens is 3. The minimum absolute atomic E-state index is 0.166. The predicted octanol–water partition coefficient (Wildman–Crippen LogP) is 5.64. The van der Waals surface area contributed by atoms with Gasteiger partial charge in [0.25, 0.3) is 0 Å². The first kappa shape index (κ1) is 20.0. The fourth-order valence-electron chi connectivity index (χ4n) is 4.16. The monoisotopic (exact) mass is 424 g/mol. The van der Waals surface area contributed by atoms with Gasteiger partial charge in [-0.1, -0.05) is 36.4 Å². The van der Waals surface area contributed by atoms with E-state index in [9.17, 15) is 4.79 Å². The van der Waals surface area contributed by atoms with Crippen molar-refractivity contribution >= 4 is 22.6 Å². The summed E-state index contributed by atoms with van der Waals surface area (Å²) in [6.07, 6.45) is 4.95. The highest BCUT2D eigenvalue weighted by Crippen LogP contribution is 2.50. The summed E-state index contributed by atoms with van der Waals surface area (Å²) in [5.41, 5.74) is 9.73. The van der Waals surface area contributed by atoms with Gasteiger partial charge < -0.3 is 10.5 Å². The zero-order chi connectivity index (χ0) is 22.1. The zero-order valence-electron chi connectivity index (χ0n) is 17.8. The maximum atomic E-state index is 12.0. The number of rotatable bonds is 7. The second kappa shape index (κ2) is 8.30. The third-order valence-corrected chi connectivity index (χ3v) is 5.83. The quantitative estimate of drug-likeness (QED) is 0.375. The highest BCUT2D eigenvalue weighted by molar-refractivity contribution is 6.00. The first-order valence-corrected chi connectivity index (χ1v) is 10.8. The number of fused-ring (bicyclic) bond motifs is 1. The molecule has 0 amide bonds. The lowest BCUT2D eigenvalue weighted by Gasteiger charge is -2.10. The standard InChI is InChI=1S/C26H24N4O2/c1-2-6-18(31)13-17-14-21(17)23-15-22(24-25(27)29-30-26(24)28-23)16-9-11-20(12-10-16)32-19-7-4-3-5-8-19/h2-12,15,17,21H,13-14H2,1H3,(H3,27,28,29,30)/b6-2-. The second-order valence-electron chi connectivity index (χ2n) is 8.14. The SMILES string of the molecule is C/C=C\C(=O)CC1CC1c1cc(-c2ccc(Oc3ccccc3)cc2)c2c(N)[nH]nc2n1. The van der Waals surface area contributed by atoms with Gasteiger partial charge >= 0.3 is 0 Å². The van der Waals surface area contributed by atoms with Gasteiger partial charge in [-0.15, -0.1) is 0 Å². The number of ketones is 1. The minimum atomic E-state index is 0.166. The Balaban J connectivity index is 1.44. The molecule has 2 heterocycles. The molecule has 6 heteroatoms. The van der Waals surface area contributed by atoms with E-state index >= 15 is 0 Å². The first-order chi connectivity index (χ1) is 15.6. The van der Waals surface area contributed by atoms with Gasteiger partial charge in [-0.25, -0.2) is 4.98 Å². The maximum Gasteiger partial charge on any atom is 0.183 e. The molecule has 0 spiro atoms. The Morgan fingerprint density at radius 2 is 1.91 bits per heavy atom. The predicted molar refractivity (Wildman–Crippen MR) is 126 cm³/mol. The van der Waals surface area contributed by atoms with Gasteiger partial charge in [0.05, 0.1) is 5.39 Å². The summed E-state index contributed by atoms with van der Waals surface area (Å²) in [5, 5.41) is 7.97. The number of nitrogen functional groups attached to an aromatic ring is 1. The lowest BCUT2D eigenvalue weighted by atomic mass is 10.0. The number of para-hydroxylation sites is 1. The summed E-state index contributed by atoms with van der Waals surface area (Å²) in [4.78, 5) is 16.7. The number of hydrogen-bond donors (Lipinski definition) is 2. The third kappa shape index (κ3) is 3.99. The van der Waals surface area contributed by atoms with Crippen LogP contribution in [0.25, 0.3) is 22.2 Å². The molecule has 4 aromatic rings. The maximum absolute atomic E-state index is 12.0. The van der Waals surface area contributed by atoms with Gasteiger partial charge in [0.15, 0.2) is 11.4 Å². The van der Waals surface area contributed by atoms with Gasteiger partial charge in [0.1, 0.15) is 17.3 Å². The van der Waals surface area contributed by atoms with Gasteiger partial charge in [-0.3, -0.25) is 9.89 Å². The van der Waals surface area contributed by atoms with E-state index in [0.717, 1.165) is 40.1 Å². The number of H-pyrrole nitrogens is 1. The molecule has 6 nitrogen and oxygen atoms in total. The molecule has 160 valence electrons. The number of carbonyl (C=O) groups excluding carboxylic acids is 1. The molecule has 3 N–H and O–H groups in total. The van der Waals surface area contributed by atoms with Crippen molar-refractivity contribution in [2.45, 2.75) is 25.7 Å². The molecule has 32 heavy (non-hydrogen) atoms. The molecule has 2 atom stereocenters. The van der Waals surface area contributed by atoms with Crippen molar-refractivity contribution in [3.63, 3.8) is 0 Å². The van der Waals surface area contributed by atoms with Crippen molar-refractivity contribution in [3.8, 4) is 22.6 Å². The Labute approximate surface area is 186 Å². The van der Waals surface area contributed by atoms with E-state index in [-0.39, 0.29) is 11.7 Å². The topological polar surface area (TPSA) is 93.9 Å². The van der Waals surface area contributed by atoms with Crippen molar-refractivity contribution in [2.24, 2.45) is 5.92 Å². The van der Waals surface area contributed by atoms with Crippen LogP contribution in [-0.4, -0.2) is 21.0 Å². The van der Waals surface area contributed by atoms with E-state index < -0.39 is 0 Å². The molecule has 2 aromatic heterocycles. The molecule has 5 rings (SSSR count). The second-order valence-corrected chi connectivity index (χ2v) is 8.14. The van der Waals surface area contributed by atoms with Crippen LogP contribution in [0.3, 0.4) is 0 Å². The van der Waals surface area contributed by atoms with Crippen molar-refractivity contribution in [1.29, 1.82) is 0 Å². The molecule has 0 bridgehead atoms. The number of anilines is 1. The molecule has 1 aliphatic rings. The molecule has 0 saturated heterocycles. The lowest BCUT2D eigenvalue weighted by Crippen LogP contribution is -1.97. The van der Waals surface area contributed by atoms with E-state index in [1.165, 1.54) is 0 Å². The van der Waals surface area contributed by atoms with Gasteiger partial charge in [0, 0.05) is 18.0 Å². The Morgan fingerprint density at radius 3 is 2.66 bits per heavy atom. The molecule has 2 aromatic carbocycles. The summed E-state index contributed by atoms with van der Waals surface area (Å²) in [5.74, 6) is 2.81. The zero-order valence-corrected chi connectivity index (χ0v) is 17.8. The van der Waals surface area contributed by atoms with Crippen LogP contribution in [0.2, 0.25) is 0 Å². The molecular weight excluding hydrogens is 400 g/mol. The van der Waals surface area contributed by atoms with Crippen LogP contribution in [0.1, 0.15) is 31.4 Å². The fraction of sp³-hybridized carbons (Fsp3) is 0.192. The normalized spacial score (nSPS) is 17.7. The number of nitrogens with one attached hydrogen (secondary N) is 1. The van der Waals surface area contributed by atoms with Crippen LogP contribution >= 0.6 is 0 Å². The average molecular weight is 425 g/mol. The number of aromatic amines is 1. The lowest BCUT2D eigenvalue weighted by molar-refractivity contribution is -0.114. The number of carbonyl (C=O) groups is 1. The molecule has 0 radical (unpaired) electrons. The van der Waals surface area contributed by atoms with Gasteiger partial charge in [-0.2, -0.15) is 5.10 Å². The summed E-state index contributed by atoms with van der Waals surface area (Å²) in [6.45, 7) is 1.86. The van der Waals surface area contributed by atoms with E-state index in [0.29, 0.717) is 23.8 Å². The van der Waals surface area contributed by atoms with Crippen molar-refractivity contribution in [1.82, 2.24) is 15.2 Å². The van der Waals surface area contributed by atoms with E-state index in [1.807, 2.05) is 61.5 Å². The average Bonchev–Trinajstić information content (AvgIpc) is 3.47. The summed E-state index contributed by atoms with van der Waals surface area (Å²) < 4.78 is 5.92. The van der Waals surface area contributed by atoms with Crippen molar-refractivity contribution < 1.29 is 9.53 Å². The number of nitrogens with two attached hydrogens (primary N) is 1. The highest BCUT2D eigenvalue weighted by Gasteiger charge is 2.40. The van der Waals surface area contributed by atoms with Crippen LogP contribution in [0.15, 0.2) is 72.8 Å². The van der Waals surface area contributed by atoms with Gasteiger partial charge in [0.2, 0.25) is 0 Å². The summed E-state index contributed by atoms with van der Waals surface area (Å²) >= 11 is 0. The van der Waals surface area contributed by atoms with E-state index in [4.69, 9.17) is 15.5 Å². The molecule has 2 unspecified atom stereocenters. The third-order valence-electron chi connectivity index (χ3n) is 5.83. The Kier molecular flexibility index (Phi) is 5.19. The van der Waals surface area contributed by atoms with Crippen LogP contribution in [0.5, 0.6) is 11.5 Å². The highest BCUT2D eigenvalue weighted by atomic mass is 16.5. The minimum Gasteiger partial charge on any atom is -0.457 e. The number of pyridine rings is 1. The summed E-state index contributed by atoms with van der Waals surface area (Å²) in [6, 6.07) is 19.7. The molecule has 1 aliphatic carbocycles. The van der Waals surface area contributed by atoms with E-state index in [1.54, 1.807) is 12.2 Å². The number of ether oxygens (including phenoxy) is 1. The van der Waals surface area contributed by atoms with Gasteiger partial charge in [-0.05, 0) is 66.8 Å². The first-order valence-electron chi connectivity index (χ1n) is 10.8. The Bertz CT molecular complexity index is 1290.